The van der Waals surface area contributed by atoms with Gasteiger partial charge in [-0.05, 0) is 74.2 Å². The van der Waals surface area contributed by atoms with Crippen LogP contribution in [0.15, 0.2) is 109 Å². The van der Waals surface area contributed by atoms with Crippen molar-refractivity contribution < 1.29 is 0 Å². The van der Waals surface area contributed by atoms with Crippen LogP contribution in [0, 0.1) is 0 Å². The Morgan fingerprint density at radius 3 is 0.790 bits per heavy atom. The van der Waals surface area contributed by atoms with Crippen LogP contribution in [0.5, 0.6) is 0 Å². The maximum absolute atomic E-state index is 5.33. The van der Waals surface area contributed by atoms with Crippen molar-refractivity contribution in [3.63, 3.8) is 0 Å². The van der Waals surface area contributed by atoms with Gasteiger partial charge in [-0.3, -0.25) is 19.6 Å². The van der Waals surface area contributed by atoms with Crippen molar-refractivity contribution in [1.29, 1.82) is 0 Å². The fourth-order valence-corrected chi connectivity index (χ4v) is 8.33. The fourth-order valence-electron chi connectivity index (χ4n) is 8.33. The van der Waals surface area contributed by atoms with Gasteiger partial charge in [-0.15, -0.1) is 0 Å². The summed E-state index contributed by atoms with van der Waals surface area (Å²) in [6.07, 6.45) is 23.9. The lowest BCUT2D eigenvalue weighted by molar-refractivity contribution is 0.691. The maximum atomic E-state index is 5.33. The highest BCUT2D eigenvalue weighted by Gasteiger charge is 2.46. The zero-order valence-corrected chi connectivity index (χ0v) is 36.9. The van der Waals surface area contributed by atoms with Crippen LogP contribution in [0.25, 0.3) is 0 Å². The van der Waals surface area contributed by atoms with Crippen molar-refractivity contribution in [2.45, 2.75) is 130 Å². The average molecular weight is 829 g/mol. The van der Waals surface area contributed by atoms with Crippen LogP contribution < -0.4 is 19.6 Å². The Bertz CT molecular complexity index is 2120. The Morgan fingerprint density at radius 1 is 0.323 bits per heavy atom. The van der Waals surface area contributed by atoms with Crippen molar-refractivity contribution in [2.24, 2.45) is 0 Å². The average Bonchev–Trinajstić information content (AvgIpc) is 3.83. The predicted octanol–water partition coefficient (Wildman–Crippen LogP) is 12.2. The van der Waals surface area contributed by atoms with Gasteiger partial charge in [-0.25, -0.2) is 39.9 Å². The van der Waals surface area contributed by atoms with E-state index in [1.807, 2.05) is 49.1 Å². The zero-order valence-electron chi connectivity index (χ0n) is 36.9. The molecule has 4 aromatic heterocycles. The van der Waals surface area contributed by atoms with Crippen LogP contribution >= 0.6 is 0 Å². The van der Waals surface area contributed by atoms with E-state index in [-0.39, 0.29) is 0 Å². The second-order valence-electron chi connectivity index (χ2n) is 16.1. The molecule has 0 aliphatic carbocycles. The van der Waals surface area contributed by atoms with Gasteiger partial charge in [0.2, 0.25) is 0 Å². The van der Waals surface area contributed by atoms with Crippen LogP contribution in [0.4, 0.5) is 46.0 Å². The molecule has 0 saturated heterocycles. The van der Waals surface area contributed by atoms with E-state index in [0.717, 1.165) is 184 Å². The summed E-state index contributed by atoms with van der Waals surface area (Å²) >= 11 is 0. The van der Waals surface area contributed by atoms with Crippen LogP contribution in [0.2, 0.25) is 0 Å². The van der Waals surface area contributed by atoms with Gasteiger partial charge in [0, 0.05) is 50.5 Å². The number of unbranched alkanes of at least 4 members (excludes halogenated alkanes) is 8. The van der Waals surface area contributed by atoms with E-state index in [1.54, 1.807) is 0 Å². The number of aromatic nitrogens is 8. The maximum Gasteiger partial charge on any atom is 0.168 e. The molecule has 8 rings (SSSR count). The van der Waals surface area contributed by atoms with Crippen molar-refractivity contribution in [2.75, 3.05) is 19.6 Å². The molecule has 12 nitrogen and oxygen atoms in total. The number of hydrogen-bond acceptors (Lipinski definition) is 12. The Kier molecular flexibility index (Phi) is 14.0. The summed E-state index contributed by atoms with van der Waals surface area (Å²) in [4.78, 5) is 49.5. The third kappa shape index (κ3) is 9.15. The minimum Gasteiger partial charge on any atom is -0.275 e. The topological polar surface area (TPSA) is 116 Å². The Morgan fingerprint density at radius 2 is 0.565 bits per heavy atom. The van der Waals surface area contributed by atoms with Gasteiger partial charge < -0.3 is 0 Å². The van der Waals surface area contributed by atoms with E-state index in [4.69, 9.17) is 39.9 Å². The number of aryl methyl sites for hydroxylation is 4. The number of fused-ring (bicyclic) bond motifs is 2. The first kappa shape index (κ1) is 42.4. The van der Waals surface area contributed by atoms with Gasteiger partial charge in [0.1, 0.15) is 46.6 Å². The number of benzene rings is 2. The summed E-state index contributed by atoms with van der Waals surface area (Å²) in [6, 6.07) is 25.1. The number of nitrogens with zero attached hydrogens (tertiary/aromatic N) is 12. The summed E-state index contributed by atoms with van der Waals surface area (Å²) in [6.45, 7) is 8.90. The van der Waals surface area contributed by atoms with Gasteiger partial charge in [0.05, 0.1) is 22.7 Å². The second-order valence-corrected chi connectivity index (χ2v) is 16.1. The molecule has 320 valence electrons. The Hall–Kier alpha value is -6.30. The van der Waals surface area contributed by atoms with Gasteiger partial charge in [-0.1, -0.05) is 103 Å². The van der Waals surface area contributed by atoms with Gasteiger partial charge in [-0.2, -0.15) is 0 Å². The number of hydrogen-bond donors (Lipinski definition) is 0. The normalized spacial score (nSPS) is 13.4. The molecule has 6 aromatic rings. The first-order chi connectivity index (χ1) is 30.6. The molecule has 0 saturated carbocycles. The lowest BCUT2D eigenvalue weighted by Gasteiger charge is -2.32. The molecule has 0 bridgehead atoms. The molecule has 0 N–H and O–H groups in total. The molecule has 2 aliphatic heterocycles. The van der Waals surface area contributed by atoms with Crippen LogP contribution in [0.1, 0.15) is 128 Å². The van der Waals surface area contributed by atoms with E-state index in [2.05, 4.69) is 95.8 Å². The summed E-state index contributed by atoms with van der Waals surface area (Å²) in [5, 5.41) is 0. The fraction of sp³-hybridized carbons (Fsp3) is 0.400. The minimum atomic E-state index is 0.767. The SMILES string of the molecule is CCCCCc1nccc(N2C(=C3N(c4ccnc(CCCCC)n4)c4ccccc4N3c3ccnc(CCCCC)n3)N(c3ccnc(CCCCC)n3)c3ccccc32)n1. The van der Waals surface area contributed by atoms with Crippen LogP contribution in [-0.2, 0) is 25.7 Å². The van der Waals surface area contributed by atoms with Gasteiger partial charge in [0.25, 0.3) is 0 Å². The standard InChI is InChI=1S/C50H60N12/c1-5-9-13-25-41-51-33-29-45(55-41)59-37-21-17-18-22-38(37)60(46-30-34-52-42(56-46)26-14-10-6-2)49(59)50-61(47-31-35-53-43(57-47)27-15-11-7-3)39-23-19-20-24-40(39)62(50)48-32-36-54-44(58-48)28-16-12-8-4/h17-24,29-36H,5-16,25-28H2,1-4H3. The highest BCUT2D eigenvalue weighted by molar-refractivity contribution is 5.98. The van der Waals surface area contributed by atoms with Crippen molar-refractivity contribution in [3.8, 4) is 0 Å². The summed E-state index contributed by atoms with van der Waals surface area (Å²) < 4.78 is 0. The van der Waals surface area contributed by atoms with E-state index >= 15 is 0 Å². The van der Waals surface area contributed by atoms with Crippen LogP contribution in [0.3, 0.4) is 0 Å². The van der Waals surface area contributed by atoms with Crippen molar-refractivity contribution >= 4 is 46.0 Å². The van der Waals surface area contributed by atoms with Gasteiger partial charge in [0.15, 0.2) is 11.6 Å². The minimum absolute atomic E-state index is 0.767. The smallest absolute Gasteiger partial charge is 0.168 e. The van der Waals surface area contributed by atoms with Crippen LogP contribution in [-0.4, -0.2) is 39.9 Å². The van der Waals surface area contributed by atoms with E-state index in [1.165, 1.54) is 0 Å². The molecule has 2 aromatic carbocycles. The molecular weight excluding hydrogens is 769 g/mol. The summed E-state index contributed by atoms with van der Waals surface area (Å²) in [5.74, 6) is 8.00. The second kappa shape index (κ2) is 20.5. The van der Waals surface area contributed by atoms with E-state index in [0.29, 0.717) is 0 Å². The molecule has 62 heavy (non-hydrogen) atoms. The van der Waals surface area contributed by atoms with E-state index in [9.17, 15) is 0 Å². The molecule has 0 spiro atoms. The Labute approximate surface area is 367 Å². The first-order valence-corrected chi connectivity index (χ1v) is 23.0. The van der Waals surface area contributed by atoms with Crippen molar-refractivity contribution in [3.05, 3.63) is 133 Å². The molecule has 0 fully saturated rings. The summed E-state index contributed by atoms with van der Waals surface area (Å²) in [5.41, 5.74) is 3.89. The number of rotatable bonds is 20. The van der Waals surface area contributed by atoms with Gasteiger partial charge >= 0.3 is 0 Å². The molecule has 2 aliphatic rings. The lowest BCUT2D eigenvalue weighted by Crippen LogP contribution is -2.34. The van der Waals surface area contributed by atoms with Crippen molar-refractivity contribution in [1.82, 2.24) is 39.9 Å². The molecule has 0 amide bonds. The zero-order chi connectivity index (χ0) is 42.7. The lowest BCUT2D eigenvalue weighted by atomic mass is 10.2. The third-order valence-corrected chi connectivity index (χ3v) is 11.5. The molecule has 0 atom stereocenters. The molecule has 0 radical (unpaired) electrons. The molecule has 6 heterocycles. The Balaban J connectivity index is 1.43. The largest absolute Gasteiger partial charge is 0.275 e. The number of para-hydroxylation sites is 4. The van der Waals surface area contributed by atoms with E-state index < -0.39 is 0 Å². The molecule has 12 heteroatoms. The molecular formula is C50H60N12. The first-order valence-electron chi connectivity index (χ1n) is 23.0. The highest BCUT2D eigenvalue weighted by Crippen LogP contribution is 2.56. The predicted molar refractivity (Wildman–Crippen MR) is 250 cm³/mol. The molecule has 0 unspecified atom stereocenters. The third-order valence-electron chi connectivity index (χ3n) is 11.5. The summed E-state index contributed by atoms with van der Waals surface area (Å²) in [7, 11) is 0. The highest BCUT2D eigenvalue weighted by atomic mass is 15.5. The quantitative estimate of drug-likeness (QED) is 0.0682. The number of anilines is 8. The monoisotopic (exact) mass is 829 g/mol.